The van der Waals surface area contributed by atoms with Gasteiger partial charge in [-0.3, -0.25) is 23.5 Å². The lowest BCUT2D eigenvalue weighted by molar-refractivity contribution is -0.132. The van der Waals surface area contributed by atoms with Gasteiger partial charge in [0.25, 0.3) is 0 Å². The zero-order valence-corrected chi connectivity index (χ0v) is 19.3. The van der Waals surface area contributed by atoms with Gasteiger partial charge in [0.2, 0.25) is 5.91 Å². The molecule has 4 rings (SSSR count). The van der Waals surface area contributed by atoms with Crippen molar-refractivity contribution in [3.8, 4) is 17.2 Å². The average Bonchev–Trinajstić information content (AvgIpc) is 2.88. The minimum absolute atomic E-state index is 0.166. The fraction of sp³-hybridized carbons (Fsp3) is 0.320. The number of ether oxygens (including phenoxy) is 2. The molecule has 2 aromatic carbocycles. The molecule has 2 heterocycles. The van der Waals surface area contributed by atoms with Crippen LogP contribution >= 0.6 is 0 Å². The van der Waals surface area contributed by atoms with E-state index < -0.39 is 11.1 Å². The van der Waals surface area contributed by atoms with Crippen molar-refractivity contribution >= 4 is 11.6 Å². The fourth-order valence-corrected chi connectivity index (χ4v) is 3.96. The normalized spacial score (nSPS) is 13.6. The van der Waals surface area contributed by atoms with E-state index >= 15 is 0 Å². The lowest BCUT2D eigenvalue weighted by Gasteiger charge is -2.36. The van der Waals surface area contributed by atoms with Crippen LogP contribution in [-0.2, 0) is 11.3 Å². The fourth-order valence-electron chi connectivity index (χ4n) is 3.96. The molecular formula is C25H28N4O5. The first-order chi connectivity index (χ1) is 16.5. The minimum atomic E-state index is -0.735. The number of nitrogens with zero attached hydrogens (tertiary/aromatic N) is 4. The van der Waals surface area contributed by atoms with Gasteiger partial charge in [0.05, 0.1) is 13.7 Å². The molecular weight excluding hydrogens is 436 g/mol. The first kappa shape index (κ1) is 23.2. The van der Waals surface area contributed by atoms with Crippen LogP contribution in [0.2, 0.25) is 0 Å². The monoisotopic (exact) mass is 464 g/mol. The van der Waals surface area contributed by atoms with Crippen LogP contribution in [0.1, 0.15) is 6.92 Å². The maximum absolute atomic E-state index is 12.8. The number of aromatic nitrogens is 2. The molecule has 0 N–H and O–H groups in total. The van der Waals surface area contributed by atoms with Gasteiger partial charge < -0.3 is 19.3 Å². The number of rotatable bonds is 7. The highest BCUT2D eigenvalue weighted by atomic mass is 16.5. The van der Waals surface area contributed by atoms with Crippen molar-refractivity contribution in [2.75, 3.05) is 44.8 Å². The molecule has 34 heavy (non-hydrogen) atoms. The van der Waals surface area contributed by atoms with Gasteiger partial charge >= 0.3 is 11.1 Å². The van der Waals surface area contributed by atoms with E-state index in [-0.39, 0.29) is 12.5 Å². The Morgan fingerprint density at radius 1 is 0.824 bits per heavy atom. The molecule has 1 aliphatic rings. The maximum Gasteiger partial charge on any atom is 0.320 e. The van der Waals surface area contributed by atoms with Crippen LogP contribution in [0.25, 0.3) is 5.69 Å². The third-order valence-corrected chi connectivity index (χ3v) is 5.86. The van der Waals surface area contributed by atoms with Crippen LogP contribution in [0.15, 0.2) is 70.5 Å². The molecule has 1 amide bonds. The minimum Gasteiger partial charge on any atom is -0.497 e. The van der Waals surface area contributed by atoms with Gasteiger partial charge in [-0.05, 0) is 55.5 Å². The molecule has 0 aliphatic carbocycles. The smallest absolute Gasteiger partial charge is 0.320 e. The molecule has 178 valence electrons. The van der Waals surface area contributed by atoms with Gasteiger partial charge in [-0.25, -0.2) is 0 Å². The van der Waals surface area contributed by atoms with Gasteiger partial charge in [0.15, 0.2) is 0 Å². The van der Waals surface area contributed by atoms with Crippen LogP contribution in [-0.4, -0.2) is 59.8 Å². The molecule has 0 unspecified atom stereocenters. The third kappa shape index (κ3) is 4.98. The van der Waals surface area contributed by atoms with Gasteiger partial charge in [-0.2, -0.15) is 0 Å². The summed E-state index contributed by atoms with van der Waals surface area (Å²) in [5.74, 6) is 1.30. The lowest BCUT2D eigenvalue weighted by Crippen LogP contribution is -2.50. The quantitative estimate of drug-likeness (QED) is 0.496. The summed E-state index contributed by atoms with van der Waals surface area (Å²) in [6.45, 7) is 4.73. The van der Waals surface area contributed by atoms with E-state index in [2.05, 4.69) is 4.90 Å². The molecule has 0 atom stereocenters. The second-order valence-corrected chi connectivity index (χ2v) is 7.90. The predicted octanol–water partition coefficient (Wildman–Crippen LogP) is 1.76. The number of carbonyl (C=O) groups is 1. The number of anilines is 1. The Kier molecular flexibility index (Phi) is 7.01. The molecule has 0 radical (unpaired) electrons. The summed E-state index contributed by atoms with van der Waals surface area (Å²) in [7, 11) is 1.63. The number of amides is 1. The topological polar surface area (TPSA) is 86.0 Å². The van der Waals surface area contributed by atoms with Gasteiger partial charge in [0, 0.05) is 49.9 Å². The van der Waals surface area contributed by atoms with E-state index in [1.807, 2.05) is 31.2 Å². The summed E-state index contributed by atoms with van der Waals surface area (Å²) in [5, 5.41) is 0. The molecule has 1 fully saturated rings. The Morgan fingerprint density at radius 2 is 1.44 bits per heavy atom. The highest BCUT2D eigenvalue weighted by Crippen LogP contribution is 2.20. The molecule has 1 aliphatic heterocycles. The highest BCUT2D eigenvalue weighted by Gasteiger charge is 2.22. The molecule has 1 aromatic heterocycles. The number of hydrogen-bond acceptors (Lipinski definition) is 6. The predicted molar refractivity (Wildman–Crippen MR) is 129 cm³/mol. The number of carbonyl (C=O) groups excluding carboxylic acids is 1. The van der Waals surface area contributed by atoms with Crippen LogP contribution in [0, 0.1) is 0 Å². The van der Waals surface area contributed by atoms with Crippen LogP contribution in [0.5, 0.6) is 11.5 Å². The van der Waals surface area contributed by atoms with E-state index in [9.17, 15) is 14.4 Å². The Hall–Kier alpha value is -4.01. The molecule has 9 heteroatoms. The summed E-state index contributed by atoms with van der Waals surface area (Å²) in [6, 6.07) is 14.7. The summed E-state index contributed by atoms with van der Waals surface area (Å²) in [4.78, 5) is 42.1. The van der Waals surface area contributed by atoms with E-state index in [4.69, 9.17) is 9.47 Å². The first-order valence-electron chi connectivity index (χ1n) is 11.2. The molecule has 3 aromatic rings. The van der Waals surface area contributed by atoms with Gasteiger partial charge in [0.1, 0.15) is 18.0 Å². The Morgan fingerprint density at radius 3 is 2.06 bits per heavy atom. The van der Waals surface area contributed by atoms with Crippen LogP contribution in [0.4, 0.5) is 5.69 Å². The largest absolute Gasteiger partial charge is 0.497 e. The second kappa shape index (κ2) is 10.3. The molecule has 0 saturated carbocycles. The number of piperazine rings is 1. The number of methoxy groups -OCH3 is 1. The van der Waals surface area contributed by atoms with Crippen molar-refractivity contribution in [3.63, 3.8) is 0 Å². The van der Waals surface area contributed by atoms with Gasteiger partial charge in [-0.15, -0.1) is 0 Å². The number of benzene rings is 2. The molecule has 9 nitrogen and oxygen atoms in total. The Bertz CT molecular complexity index is 1240. The standard InChI is InChI=1S/C25H28N4O5/c1-3-34-22-10-6-20(7-11-22)29-17-16-28(24(31)25(29)32)18-23(30)27-14-12-26(13-15-27)19-4-8-21(33-2)9-5-19/h4-11,16-17H,3,12-15,18H2,1-2H3. The zero-order valence-electron chi connectivity index (χ0n) is 19.3. The summed E-state index contributed by atoms with van der Waals surface area (Å²) < 4.78 is 13.0. The second-order valence-electron chi connectivity index (χ2n) is 7.90. The number of hydrogen-bond donors (Lipinski definition) is 0. The van der Waals surface area contributed by atoms with Crippen molar-refractivity contribution in [1.82, 2.24) is 14.0 Å². The molecule has 1 saturated heterocycles. The van der Waals surface area contributed by atoms with Gasteiger partial charge in [-0.1, -0.05) is 0 Å². The van der Waals surface area contributed by atoms with Crippen molar-refractivity contribution in [3.05, 3.63) is 81.6 Å². The van der Waals surface area contributed by atoms with E-state index in [0.717, 1.165) is 11.4 Å². The Labute approximate surface area is 197 Å². The summed E-state index contributed by atoms with van der Waals surface area (Å²) >= 11 is 0. The highest BCUT2D eigenvalue weighted by molar-refractivity contribution is 5.76. The Balaban J connectivity index is 1.40. The first-order valence-corrected chi connectivity index (χ1v) is 11.2. The average molecular weight is 465 g/mol. The third-order valence-electron chi connectivity index (χ3n) is 5.86. The zero-order chi connectivity index (χ0) is 24.1. The molecule has 0 bridgehead atoms. The van der Waals surface area contributed by atoms with Crippen molar-refractivity contribution < 1.29 is 14.3 Å². The van der Waals surface area contributed by atoms with E-state index in [1.54, 1.807) is 36.3 Å². The van der Waals surface area contributed by atoms with E-state index in [0.29, 0.717) is 44.2 Å². The van der Waals surface area contributed by atoms with E-state index in [1.165, 1.54) is 21.5 Å². The van der Waals surface area contributed by atoms with Crippen molar-refractivity contribution in [2.24, 2.45) is 0 Å². The SMILES string of the molecule is CCOc1ccc(-n2ccn(CC(=O)N3CCN(c4ccc(OC)cc4)CC3)c(=O)c2=O)cc1. The van der Waals surface area contributed by atoms with Crippen LogP contribution in [0.3, 0.4) is 0 Å². The van der Waals surface area contributed by atoms with Crippen LogP contribution < -0.4 is 25.5 Å². The summed E-state index contributed by atoms with van der Waals surface area (Å²) in [5.41, 5.74) is 0.186. The lowest BCUT2D eigenvalue weighted by atomic mass is 10.2. The summed E-state index contributed by atoms with van der Waals surface area (Å²) in [6.07, 6.45) is 2.99. The van der Waals surface area contributed by atoms with Crippen molar-refractivity contribution in [2.45, 2.75) is 13.5 Å². The maximum atomic E-state index is 12.8. The van der Waals surface area contributed by atoms with Crippen molar-refractivity contribution in [1.29, 1.82) is 0 Å². The molecule has 0 spiro atoms.